The van der Waals surface area contributed by atoms with E-state index in [2.05, 4.69) is 17.2 Å². The number of anilines is 1. The molecule has 0 bridgehead atoms. The van der Waals surface area contributed by atoms with E-state index in [-0.39, 0.29) is 5.82 Å². The molecular formula is C9H13FN2. The van der Waals surface area contributed by atoms with Gasteiger partial charge >= 0.3 is 0 Å². The van der Waals surface area contributed by atoms with Crippen molar-refractivity contribution in [1.29, 1.82) is 0 Å². The van der Waals surface area contributed by atoms with Gasteiger partial charge in [-0.2, -0.15) is 0 Å². The molecular weight excluding hydrogens is 155 g/mol. The van der Waals surface area contributed by atoms with Gasteiger partial charge in [-0.05, 0) is 6.42 Å². The fourth-order valence-corrected chi connectivity index (χ4v) is 0.918. The second-order valence-electron chi connectivity index (χ2n) is 2.67. The molecule has 0 amide bonds. The number of nitrogens with zero attached hydrogens (tertiary/aromatic N) is 1. The fraction of sp³-hybridized carbons (Fsp3) is 0.444. The maximum absolute atomic E-state index is 12.6. The van der Waals surface area contributed by atoms with Crippen LogP contribution in [0.4, 0.5) is 10.1 Å². The molecule has 1 rings (SSSR count). The van der Waals surface area contributed by atoms with Crippen LogP contribution in [-0.2, 0) is 0 Å². The Labute approximate surface area is 71.8 Å². The average molecular weight is 168 g/mol. The van der Waals surface area contributed by atoms with Gasteiger partial charge in [-0.25, -0.2) is 4.39 Å². The van der Waals surface area contributed by atoms with Gasteiger partial charge in [0.1, 0.15) is 5.82 Å². The van der Waals surface area contributed by atoms with Crippen LogP contribution in [0.15, 0.2) is 18.5 Å². The van der Waals surface area contributed by atoms with Crippen LogP contribution >= 0.6 is 0 Å². The highest BCUT2D eigenvalue weighted by Gasteiger charge is 1.93. The molecule has 1 heterocycles. The molecule has 1 aromatic heterocycles. The normalized spacial score (nSPS) is 9.83. The Balaban J connectivity index is 2.41. The van der Waals surface area contributed by atoms with Crippen LogP contribution in [0.5, 0.6) is 0 Å². The van der Waals surface area contributed by atoms with Crippen LogP contribution in [0.3, 0.4) is 0 Å². The van der Waals surface area contributed by atoms with E-state index in [1.807, 2.05) is 0 Å². The molecule has 0 aliphatic heterocycles. The number of rotatable bonds is 4. The van der Waals surface area contributed by atoms with E-state index in [1.54, 1.807) is 6.20 Å². The van der Waals surface area contributed by atoms with Gasteiger partial charge in [0.25, 0.3) is 0 Å². The first-order valence-electron chi connectivity index (χ1n) is 4.17. The van der Waals surface area contributed by atoms with E-state index >= 15 is 0 Å². The molecule has 1 N–H and O–H groups in total. The molecule has 66 valence electrons. The van der Waals surface area contributed by atoms with Crippen LogP contribution in [0.1, 0.15) is 19.8 Å². The lowest BCUT2D eigenvalue weighted by Gasteiger charge is -2.03. The van der Waals surface area contributed by atoms with Crippen LogP contribution in [-0.4, -0.2) is 11.5 Å². The van der Waals surface area contributed by atoms with Crippen molar-refractivity contribution < 1.29 is 4.39 Å². The zero-order valence-electron chi connectivity index (χ0n) is 7.18. The van der Waals surface area contributed by atoms with Crippen molar-refractivity contribution in [2.45, 2.75) is 19.8 Å². The van der Waals surface area contributed by atoms with Gasteiger partial charge in [-0.15, -0.1) is 0 Å². The lowest BCUT2D eigenvalue weighted by atomic mass is 10.3. The van der Waals surface area contributed by atoms with Crippen molar-refractivity contribution >= 4 is 5.69 Å². The highest BCUT2D eigenvalue weighted by molar-refractivity contribution is 5.39. The third-order valence-electron chi connectivity index (χ3n) is 1.56. The maximum atomic E-state index is 12.6. The Hall–Kier alpha value is -1.12. The van der Waals surface area contributed by atoms with Crippen molar-refractivity contribution in [1.82, 2.24) is 4.98 Å². The van der Waals surface area contributed by atoms with E-state index in [0.717, 1.165) is 25.1 Å². The summed E-state index contributed by atoms with van der Waals surface area (Å²) in [5, 5.41) is 3.08. The summed E-state index contributed by atoms with van der Waals surface area (Å²) in [4.78, 5) is 3.73. The van der Waals surface area contributed by atoms with Gasteiger partial charge in [0, 0.05) is 12.6 Å². The first-order chi connectivity index (χ1) is 5.83. The summed E-state index contributed by atoms with van der Waals surface area (Å²) in [6.45, 7) is 2.99. The van der Waals surface area contributed by atoms with Gasteiger partial charge in [-0.1, -0.05) is 13.3 Å². The minimum absolute atomic E-state index is 0.295. The molecule has 0 saturated heterocycles. The number of unbranched alkanes of at least 4 members (excludes halogenated alkanes) is 1. The van der Waals surface area contributed by atoms with Gasteiger partial charge in [-0.3, -0.25) is 4.98 Å². The average Bonchev–Trinajstić information content (AvgIpc) is 2.05. The summed E-state index contributed by atoms with van der Waals surface area (Å²) >= 11 is 0. The van der Waals surface area contributed by atoms with Gasteiger partial charge in [0.15, 0.2) is 0 Å². The lowest BCUT2D eigenvalue weighted by Crippen LogP contribution is -2.01. The summed E-state index contributed by atoms with van der Waals surface area (Å²) in [5.74, 6) is -0.295. The first-order valence-corrected chi connectivity index (χ1v) is 4.17. The zero-order valence-corrected chi connectivity index (χ0v) is 7.18. The van der Waals surface area contributed by atoms with E-state index in [4.69, 9.17) is 0 Å². The predicted molar refractivity (Wildman–Crippen MR) is 47.6 cm³/mol. The second kappa shape index (κ2) is 4.70. The zero-order chi connectivity index (χ0) is 8.81. The molecule has 0 aromatic carbocycles. The van der Waals surface area contributed by atoms with Crippen molar-refractivity contribution in [2.24, 2.45) is 0 Å². The number of hydrogen-bond donors (Lipinski definition) is 1. The summed E-state index contributed by atoms with van der Waals surface area (Å²) in [6, 6.07) is 1.45. The Morgan fingerprint density at radius 2 is 2.33 bits per heavy atom. The van der Waals surface area contributed by atoms with E-state index in [1.165, 1.54) is 12.3 Å². The molecule has 1 aromatic rings. The molecule has 0 spiro atoms. The van der Waals surface area contributed by atoms with Crippen molar-refractivity contribution in [2.75, 3.05) is 11.9 Å². The quantitative estimate of drug-likeness (QED) is 0.698. The van der Waals surface area contributed by atoms with Crippen LogP contribution in [0.25, 0.3) is 0 Å². The number of halogens is 1. The maximum Gasteiger partial charge on any atom is 0.143 e. The molecule has 0 aliphatic carbocycles. The van der Waals surface area contributed by atoms with Crippen LogP contribution < -0.4 is 5.32 Å². The Morgan fingerprint density at radius 1 is 1.50 bits per heavy atom. The fourth-order valence-electron chi connectivity index (χ4n) is 0.918. The molecule has 3 heteroatoms. The Kier molecular flexibility index (Phi) is 3.51. The van der Waals surface area contributed by atoms with Gasteiger partial charge in [0.2, 0.25) is 0 Å². The van der Waals surface area contributed by atoms with E-state index in [9.17, 15) is 4.39 Å². The SMILES string of the molecule is CCCCNc1cncc(F)c1. The number of pyridine rings is 1. The second-order valence-corrected chi connectivity index (χ2v) is 2.67. The number of nitrogens with one attached hydrogen (secondary N) is 1. The molecule has 0 unspecified atom stereocenters. The molecule has 0 atom stereocenters. The molecule has 2 nitrogen and oxygen atoms in total. The molecule has 0 radical (unpaired) electrons. The van der Waals surface area contributed by atoms with E-state index in [0.29, 0.717) is 0 Å². The Bertz CT molecular complexity index is 238. The van der Waals surface area contributed by atoms with Crippen molar-refractivity contribution in [3.05, 3.63) is 24.3 Å². The lowest BCUT2D eigenvalue weighted by molar-refractivity contribution is 0.622. The predicted octanol–water partition coefficient (Wildman–Crippen LogP) is 2.43. The minimum atomic E-state index is -0.295. The standard InChI is InChI=1S/C9H13FN2/c1-2-3-4-12-9-5-8(10)6-11-7-9/h5-7,12H,2-4H2,1H3. The molecule has 0 aliphatic rings. The van der Waals surface area contributed by atoms with Crippen molar-refractivity contribution in [3.8, 4) is 0 Å². The highest BCUT2D eigenvalue weighted by Crippen LogP contribution is 2.06. The van der Waals surface area contributed by atoms with Crippen LogP contribution in [0, 0.1) is 5.82 Å². The highest BCUT2D eigenvalue weighted by atomic mass is 19.1. The summed E-state index contributed by atoms with van der Waals surface area (Å²) in [7, 11) is 0. The summed E-state index contributed by atoms with van der Waals surface area (Å²) in [6.07, 6.45) is 5.05. The summed E-state index contributed by atoms with van der Waals surface area (Å²) < 4.78 is 12.6. The number of aromatic nitrogens is 1. The van der Waals surface area contributed by atoms with Crippen molar-refractivity contribution in [3.63, 3.8) is 0 Å². The summed E-state index contributed by atoms with van der Waals surface area (Å²) in [5.41, 5.74) is 0.753. The number of hydrogen-bond acceptors (Lipinski definition) is 2. The minimum Gasteiger partial charge on any atom is -0.384 e. The van der Waals surface area contributed by atoms with Crippen LogP contribution in [0.2, 0.25) is 0 Å². The largest absolute Gasteiger partial charge is 0.384 e. The third-order valence-corrected chi connectivity index (χ3v) is 1.56. The monoisotopic (exact) mass is 168 g/mol. The topological polar surface area (TPSA) is 24.9 Å². The van der Waals surface area contributed by atoms with Gasteiger partial charge in [0.05, 0.1) is 18.1 Å². The first kappa shape index (κ1) is 8.97. The smallest absolute Gasteiger partial charge is 0.143 e. The molecule has 0 fully saturated rings. The van der Waals surface area contributed by atoms with Gasteiger partial charge < -0.3 is 5.32 Å². The molecule has 0 saturated carbocycles. The Morgan fingerprint density at radius 3 is 3.00 bits per heavy atom. The molecule has 12 heavy (non-hydrogen) atoms. The third kappa shape index (κ3) is 2.86. The van der Waals surface area contributed by atoms with E-state index < -0.39 is 0 Å².